The molecule has 20 heavy (non-hydrogen) atoms. The molecule has 0 aliphatic heterocycles. The van der Waals surface area contributed by atoms with Gasteiger partial charge in [-0.3, -0.25) is 4.68 Å². The first kappa shape index (κ1) is 12.9. The molecule has 0 saturated heterocycles. The van der Waals surface area contributed by atoms with Crippen LogP contribution in [0.5, 0.6) is 0 Å². The third kappa shape index (κ3) is 2.32. The summed E-state index contributed by atoms with van der Waals surface area (Å²) in [6, 6.07) is 5.93. The standard InChI is InChI=1S/C15H15FN2O2/c1-2-5-18-9-11(8-17-18)15(19)14-7-10-6-12(16)3-4-13(10)20-14/h3-4,6-9,15,19H,2,5H2,1H3. The van der Waals surface area contributed by atoms with Gasteiger partial charge in [0.1, 0.15) is 23.3 Å². The van der Waals surface area contributed by atoms with E-state index >= 15 is 0 Å². The predicted molar refractivity (Wildman–Crippen MR) is 72.8 cm³/mol. The number of nitrogens with zero attached hydrogens (tertiary/aromatic N) is 2. The Bertz CT molecular complexity index is 732. The van der Waals surface area contributed by atoms with Crippen molar-refractivity contribution in [1.82, 2.24) is 9.78 Å². The second-order valence-corrected chi connectivity index (χ2v) is 4.77. The van der Waals surface area contributed by atoms with Gasteiger partial charge in [0.2, 0.25) is 0 Å². The van der Waals surface area contributed by atoms with Gasteiger partial charge in [0, 0.05) is 23.7 Å². The Hall–Kier alpha value is -2.14. The van der Waals surface area contributed by atoms with Gasteiger partial charge in [-0.05, 0) is 30.7 Å². The van der Waals surface area contributed by atoms with Gasteiger partial charge in [0.05, 0.1) is 6.20 Å². The lowest BCUT2D eigenvalue weighted by Crippen LogP contribution is -1.98. The first-order valence-corrected chi connectivity index (χ1v) is 6.57. The number of hydrogen-bond acceptors (Lipinski definition) is 3. The van der Waals surface area contributed by atoms with Gasteiger partial charge in [-0.2, -0.15) is 5.10 Å². The molecule has 5 heteroatoms. The van der Waals surface area contributed by atoms with E-state index in [1.807, 2.05) is 0 Å². The Morgan fingerprint density at radius 3 is 3.05 bits per heavy atom. The molecule has 2 aromatic heterocycles. The molecule has 4 nitrogen and oxygen atoms in total. The SMILES string of the molecule is CCCn1cc(C(O)c2cc3cc(F)ccc3o2)cn1. The fourth-order valence-electron chi connectivity index (χ4n) is 2.21. The van der Waals surface area contributed by atoms with Gasteiger partial charge < -0.3 is 9.52 Å². The topological polar surface area (TPSA) is 51.2 Å². The number of aliphatic hydroxyl groups excluding tert-OH is 1. The average molecular weight is 274 g/mol. The lowest BCUT2D eigenvalue weighted by atomic mass is 10.1. The van der Waals surface area contributed by atoms with Crippen molar-refractivity contribution in [2.24, 2.45) is 0 Å². The van der Waals surface area contributed by atoms with Crippen LogP contribution in [0.4, 0.5) is 4.39 Å². The van der Waals surface area contributed by atoms with Crippen molar-refractivity contribution in [2.75, 3.05) is 0 Å². The van der Waals surface area contributed by atoms with Crippen molar-refractivity contribution >= 4 is 11.0 Å². The number of aromatic nitrogens is 2. The molecule has 0 amide bonds. The normalized spacial score (nSPS) is 12.9. The van der Waals surface area contributed by atoms with E-state index in [-0.39, 0.29) is 5.82 Å². The summed E-state index contributed by atoms with van der Waals surface area (Å²) in [5, 5.41) is 15.1. The number of benzene rings is 1. The van der Waals surface area contributed by atoms with Gasteiger partial charge in [-0.25, -0.2) is 4.39 Å². The first-order chi connectivity index (χ1) is 9.67. The molecule has 2 heterocycles. The minimum absolute atomic E-state index is 0.324. The lowest BCUT2D eigenvalue weighted by molar-refractivity contribution is 0.192. The maximum Gasteiger partial charge on any atom is 0.140 e. The van der Waals surface area contributed by atoms with E-state index in [0.717, 1.165) is 13.0 Å². The highest BCUT2D eigenvalue weighted by molar-refractivity contribution is 5.78. The fraction of sp³-hybridized carbons (Fsp3) is 0.267. The molecule has 0 spiro atoms. The molecule has 1 aromatic carbocycles. The fourth-order valence-corrected chi connectivity index (χ4v) is 2.21. The van der Waals surface area contributed by atoms with Gasteiger partial charge >= 0.3 is 0 Å². The number of fused-ring (bicyclic) bond motifs is 1. The van der Waals surface area contributed by atoms with Gasteiger partial charge in [0.15, 0.2) is 0 Å². The summed E-state index contributed by atoms with van der Waals surface area (Å²) in [5.74, 6) is 0.0664. The number of aryl methyl sites for hydroxylation is 1. The van der Waals surface area contributed by atoms with E-state index in [0.29, 0.717) is 22.3 Å². The van der Waals surface area contributed by atoms with Crippen LogP contribution in [0, 0.1) is 5.82 Å². The monoisotopic (exact) mass is 274 g/mol. The highest BCUT2D eigenvalue weighted by Crippen LogP contribution is 2.28. The van der Waals surface area contributed by atoms with Crippen molar-refractivity contribution < 1.29 is 13.9 Å². The van der Waals surface area contributed by atoms with E-state index in [1.165, 1.54) is 12.1 Å². The zero-order chi connectivity index (χ0) is 14.1. The van der Waals surface area contributed by atoms with Gasteiger partial charge in [-0.1, -0.05) is 6.92 Å². The lowest BCUT2D eigenvalue weighted by Gasteiger charge is -2.03. The number of aliphatic hydroxyl groups is 1. The molecule has 1 unspecified atom stereocenters. The van der Waals surface area contributed by atoms with Crippen LogP contribution in [-0.4, -0.2) is 14.9 Å². The van der Waals surface area contributed by atoms with Gasteiger partial charge in [0.25, 0.3) is 0 Å². The molecule has 3 aromatic rings. The summed E-state index contributed by atoms with van der Waals surface area (Å²) < 4.78 is 20.5. The van der Waals surface area contributed by atoms with Gasteiger partial charge in [-0.15, -0.1) is 0 Å². The number of halogens is 1. The first-order valence-electron chi connectivity index (χ1n) is 6.57. The third-order valence-corrected chi connectivity index (χ3v) is 3.19. The summed E-state index contributed by atoms with van der Waals surface area (Å²) in [6.07, 6.45) is 3.49. The highest BCUT2D eigenvalue weighted by atomic mass is 19.1. The Balaban J connectivity index is 1.92. The number of furan rings is 1. The minimum atomic E-state index is -0.893. The Labute approximate surface area is 115 Å². The summed E-state index contributed by atoms with van der Waals surface area (Å²) in [7, 11) is 0. The second kappa shape index (κ2) is 5.09. The van der Waals surface area contributed by atoms with Crippen LogP contribution in [0.3, 0.4) is 0 Å². The molecule has 0 fully saturated rings. The minimum Gasteiger partial charge on any atom is -0.458 e. The molecule has 104 valence electrons. The maximum absolute atomic E-state index is 13.1. The molecule has 0 aliphatic carbocycles. The average Bonchev–Trinajstić information content (AvgIpc) is 3.04. The summed E-state index contributed by atoms with van der Waals surface area (Å²) in [6.45, 7) is 2.86. The van der Waals surface area contributed by atoms with Crippen LogP contribution in [0.1, 0.15) is 30.8 Å². The molecular formula is C15H15FN2O2. The van der Waals surface area contributed by atoms with Crippen LogP contribution in [-0.2, 0) is 6.54 Å². The van der Waals surface area contributed by atoms with Crippen LogP contribution in [0.15, 0.2) is 41.1 Å². The Morgan fingerprint density at radius 2 is 2.25 bits per heavy atom. The Morgan fingerprint density at radius 1 is 1.40 bits per heavy atom. The zero-order valence-electron chi connectivity index (χ0n) is 11.1. The van der Waals surface area contributed by atoms with Crippen molar-refractivity contribution in [3.63, 3.8) is 0 Å². The summed E-state index contributed by atoms with van der Waals surface area (Å²) >= 11 is 0. The quantitative estimate of drug-likeness (QED) is 0.794. The molecule has 0 radical (unpaired) electrons. The van der Waals surface area contributed by atoms with E-state index in [1.54, 1.807) is 29.2 Å². The number of rotatable bonds is 4. The van der Waals surface area contributed by atoms with Crippen LogP contribution in [0.25, 0.3) is 11.0 Å². The molecule has 0 aliphatic rings. The molecule has 3 rings (SSSR count). The Kier molecular flexibility index (Phi) is 3.28. The van der Waals surface area contributed by atoms with Crippen molar-refractivity contribution in [3.8, 4) is 0 Å². The zero-order valence-corrected chi connectivity index (χ0v) is 11.1. The van der Waals surface area contributed by atoms with Crippen molar-refractivity contribution in [1.29, 1.82) is 0 Å². The molecule has 1 atom stereocenters. The number of hydrogen-bond donors (Lipinski definition) is 1. The van der Waals surface area contributed by atoms with E-state index in [9.17, 15) is 9.50 Å². The van der Waals surface area contributed by atoms with E-state index < -0.39 is 6.10 Å². The third-order valence-electron chi connectivity index (χ3n) is 3.19. The van der Waals surface area contributed by atoms with Crippen LogP contribution >= 0.6 is 0 Å². The van der Waals surface area contributed by atoms with Crippen molar-refractivity contribution in [3.05, 3.63) is 53.8 Å². The summed E-state index contributed by atoms with van der Waals surface area (Å²) in [4.78, 5) is 0. The van der Waals surface area contributed by atoms with Crippen LogP contribution in [0.2, 0.25) is 0 Å². The van der Waals surface area contributed by atoms with Crippen LogP contribution < -0.4 is 0 Å². The smallest absolute Gasteiger partial charge is 0.140 e. The molecule has 0 saturated carbocycles. The maximum atomic E-state index is 13.1. The predicted octanol–water partition coefficient (Wildman–Crippen LogP) is 3.26. The second-order valence-electron chi connectivity index (χ2n) is 4.77. The van der Waals surface area contributed by atoms with E-state index in [2.05, 4.69) is 12.0 Å². The van der Waals surface area contributed by atoms with E-state index in [4.69, 9.17) is 4.42 Å². The molecule has 0 bridgehead atoms. The largest absolute Gasteiger partial charge is 0.458 e. The molecular weight excluding hydrogens is 259 g/mol. The molecule has 1 N–H and O–H groups in total. The van der Waals surface area contributed by atoms with Crippen molar-refractivity contribution in [2.45, 2.75) is 26.0 Å². The summed E-state index contributed by atoms with van der Waals surface area (Å²) in [5.41, 5.74) is 1.22. The highest BCUT2D eigenvalue weighted by Gasteiger charge is 2.17.